The average molecular weight is 238 g/mol. The molecule has 0 radical (unpaired) electrons. The van der Waals surface area contributed by atoms with Crippen molar-refractivity contribution in [3.8, 4) is 0 Å². The minimum atomic E-state index is -0.303. The maximum absolute atomic E-state index is 13.5. The lowest BCUT2D eigenvalue weighted by Crippen LogP contribution is -1.88. The van der Waals surface area contributed by atoms with Crippen LogP contribution in [0.4, 0.5) is 4.39 Å². The van der Waals surface area contributed by atoms with Gasteiger partial charge in [-0.05, 0) is 29.8 Å². The Kier molecular flexibility index (Phi) is 3.64. The van der Waals surface area contributed by atoms with Crippen molar-refractivity contribution in [2.45, 2.75) is 17.3 Å². The van der Waals surface area contributed by atoms with Gasteiger partial charge in [0.15, 0.2) is 0 Å². The van der Waals surface area contributed by atoms with Crippen LogP contribution in [0.25, 0.3) is 0 Å². The van der Waals surface area contributed by atoms with Crippen LogP contribution in [-0.4, -0.2) is 5.11 Å². The van der Waals surface area contributed by atoms with E-state index in [1.165, 1.54) is 17.8 Å². The van der Waals surface area contributed by atoms with E-state index >= 15 is 0 Å². The van der Waals surface area contributed by atoms with E-state index in [-0.39, 0.29) is 12.4 Å². The summed E-state index contributed by atoms with van der Waals surface area (Å²) in [5.41, 5.74) is 0.583. The molecule has 0 unspecified atom stereocenters. The Bertz CT molecular complexity index is 454. The van der Waals surface area contributed by atoms with Crippen LogP contribution in [0.3, 0.4) is 0 Å². The molecule has 0 fully saturated rings. The molecule has 0 aliphatic carbocycles. The predicted octanol–water partition coefficient (Wildman–Crippen LogP) is 3.20. The molecule has 0 aliphatic rings. The van der Waals surface area contributed by atoms with Crippen LogP contribution in [0, 0.1) is 5.82 Å². The predicted molar refractivity (Wildman–Crippen MR) is 60.6 cm³/mol. The lowest BCUT2D eigenvalue weighted by molar-refractivity contribution is 0.281. The Morgan fingerprint density at radius 3 is 2.81 bits per heavy atom. The molecule has 2 rings (SSSR count). The van der Waals surface area contributed by atoms with E-state index in [1.54, 1.807) is 24.5 Å². The molecule has 4 heteroatoms. The van der Waals surface area contributed by atoms with Crippen molar-refractivity contribution in [1.29, 1.82) is 0 Å². The van der Waals surface area contributed by atoms with Gasteiger partial charge in [0.05, 0.1) is 18.6 Å². The quantitative estimate of drug-likeness (QED) is 0.830. The summed E-state index contributed by atoms with van der Waals surface area (Å²) in [5.74, 6) is 1.11. The number of rotatable bonds is 4. The maximum atomic E-state index is 13.5. The van der Waals surface area contributed by atoms with Gasteiger partial charge in [-0.15, -0.1) is 11.8 Å². The fourth-order valence-corrected chi connectivity index (χ4v) is 2.13. The van der Waals surface area contributed by atoms with E-state index < -0.39 is 0 Å². The Morgan fingerprint density at radius 2 is 2.19 bits per heavy atom. The second-order valence-corrected chi connectivity index (χ2v) is 4.31. The topological polar surface area (TPSA) is 33.4 Å². The lowest BCUT2D eigenvalue weighted by atomic mass is 10.2. The van der Waals surface area contributed by atoms with Crippen molar-refractivity contribution in [1.82, 2.24) is 0 Å². The summed E-state index contributed by atoms with van der Waals surface area (Å²) in [6.07, 6.45) is 1.60. The molecule has 2 nitrogen and oxygen atoms in total. The molecule has 84 valence electrons. The molecule has 0 saturated heterocycles. The summed E-state index contributed by atoms with van der Waals surface area (Å²) in [5, 5.41) is 8.84. The average Bonchev–Trinajstić information content (AvgIpc) is 2.80. The minimum Gasteiger partial charge on any atom is -0.468 e. The third-order valence-electron chi connectivity index (χ3n) is 2.13. The van der Waals surface area contributed by atoms with E-state index in [9.17, 15) is 4.39 Å². The molecule has 16 heavy (non-hydrogen) atoms. The van der Waals surface area contributed by atoms with E-state index in [1.807, 2.05) is 6.07 Å². The largest absolute Gasteiger partial charge is 0.468 e. The smallest absolute Gasteiger partial charge is 0.137 e. The van der Waals surface area contributed by atoms with Gasteiger partial charge in [-0.3, -0.25) is 0 Å². The molecule has 0 atom stereocenters. The van der Waals surface area contributed by atoms with Crippen molar-refractivity contribution in [2.75, 3.05) is 0 Å². The second-order valence-electron chi connectivity index (χ2n) is 3.29. The molecule has 0 spiro atoms. The number of thioether (sulfide) groups is 1. The van der Waals surface area contributed by atoms with Gasteiger partial charge in [-0.25, -0.2) is 4.39 Å². The van der Waals surface area contributed by atoms with Crippen LogP contribution in [0.5, 0.6) is 0 Å². The van der Waals surface area contributed by atoms with Crippen LogP contribution < -0.4 is 0 Å². The Hall–Kier alpha value is -1.26. The Labute approximate surface area is 97.1 Å². The number of hydrogen-bond donors (Lipinski definition) is 1. The van der Waals surface area contributed by atoms with Crippen LogP contribution in [0.1, 0.15) is 11.3 Å². The minimum absolute atomic E-state index is 0.139. The fraction of sp³-hybridized carbons (Fsp3) is 0.167. The molecule has 1 heterocycles. The van der Waals surface area contributed by atoms with Gasteiger partial charge in [0.25, 0.3) is 0 Å². The van der Waals surface area contributed by atoms with Crippen molar-refractivity contribution in [3.63, 3.8) is 0 Å². The molecular formula is C12H11FO2S. The number of aliphatic hydroxyl groups excluding tert-OH is 1. The molecule has 1 N–H and O–H groups in total. The van der Waals surface area contributed by atoms with E-state index in [0.29, 0.717) is 16.2 Å². The zero-order chi connectivity index (χ0) is 11.4. The molecule has 1 aromatic carbocycles. The van der Waals surface area contributed by atoms with Gasteiger partial charge in [0, 0.05) is 4.90 Å². The molecule has 0 bridgehead atoms. The molecule has 0 aliphatic heterocycles. The fourth-order valence-electron chi connectivity index (χ4n) is 1.30. The van der Waals surface area contributed by atoms with Crippen molar-refractivity contribution >= 4 is 11.8 Å². The highest BCUT2D eigenvalue weighted by Crippen LogP contribution is 2.26. The highest BCUT2D eigenvalue weighted by Gasteiger charge is 2.05. The summed E-state index contributed by atoms with van der Waals surface area (Å²) in [6.45, 7) is -0.139. The summed E-state index contributed by atoms with van der Waals surface area (Å²) >= 11 is 1.37. The first-order valence-corrected chi connectivity index (χ1v) is 5.82. The van der Waals surface area contributed by atoms with Gasteiger partial charge in [-0.2, -0.15) is 0 Å². The Balaban J connectivity index is 2.04. The van der Waals surface area contributed by atoms with Crippen molar-refractivity contribution in [3.05, 3.63) is 53.7 Å². The zero-order valence-corrected chi connectivity index (χ0v) is 9.34. The number of benzene rings is 1. The van der Waals surface area contributed by atoms with Gasteiger partial charge in [0.1, 0.15) is 11.6 Å². The number of aliphatic hydroxyl groups is 1. The van der Waals surface area contributed by atoms with Crippen LogP contribution in [0.15, 0.2) is 45.9 Å². The Morgan fingerprint density at radius 1 is 1.31 bits per heavy atom. The van der Waals surface area contributed by atoms with E-state index in [0.717, 1.165) is 5.76 Å². The van der Waals surface area contributed by atoms with E-state index in [4.69, 9.17) is 9.52 Å². The SMILES string of the molecule is OCc1ccc(SCc2ccco2)c(F)c1. The molecule has 2 aromatic rings. The first-order valence-electron chi connectivity index (χ1n) is 4.84. The first kappa shape index (κ1) is 11.2. The summed E-state index contributed by atoms with van der Waals surface area (Å²) in [7, 11) is 0. The van der Waals surface area contributed by atoms with Gasteiger partial charge in [0.2, 0.25) is 0 Å². The second kappa shape index (κ2) is 5.18. The van der Waals surface area contributed by atoms with Crippen LogP contribution in [-0.2, 0) is 12.4 Å². The highest BCUT2D eigenvalue weighted by atomic mass is 32.2. The number of furan rings is 1. The normalized spacial score (nSPS) is 10.6. The standard InChI is InChI=1S/C12H11FO2S/c13-11-6-9(7-14)3-4-12(11)16-8-10-2-1-5-15-10/h1-6,14H,7-8H2. The number of hydrogen-bond acceptors (Lipinski definition) is 3. The maximum Gasteiger partial charge on any atom is 0.137 e. The number of halogens is 1. The first-order chi connectivity index (χ1) is 7.79. The third kappa shape index (κ3) is 2.65. The van der Waals surface area contributed by atoms with Crippen LogP contribution in [0.2, 0.25) is 0 Å². The lowest BCUT2D eigenvalue weighted by Gasteiger charge is -2.03. The van der Waals surface area contributed by atoms with Gasteiger partial charge >= 0.3 is 0 Å². The molecule has 0 amide bonds. The summed E-state index contributed by atoms with van der Waals surface area (Å²) < 4.78 is 18.7. The zero-order valence-electron chi connectivity index (χ0n) is 8.52. The highest BCUT2D eigenvalue weighted by molar-refractivity contribution is 7.98. The summed E-state index contributed by atoms with van der Waals surface area (Å²) in [4.78, 5) is 0.564. The van der Waals surface area contributed by atoms with Crippen LogP contribution >= 0.6 is 11.8 Å². The van der Waals surface area contributed by atoms with E-state index in [2.05, 4.69) is 0 Å². The van der Waals surface area contributed by atoms with Crippen molar-refractivity contribution < 1.29 is 13.9 Å². The monoisotopic (exact) mass is 238 g/mol. The molecule has 0 saturated carbocycles. The molecule has 1 aromatic heterocycles. The molecular weight excluding hydrogens is 227 g/mol. The van der Waals surface area contributed by atoms with Crippen molar-refractivity contribution in [2.24, 2.45) is 0 Å². The third-order valence-corrected chi connectivity index (χ3v) is 3.20. The van der Waals surface area contributed by atoms with Gasteiger partial charge < -0.3 is 9.52 Å². The van der Waals surface area contributed by atoms with Gasteiger partial charge in [-0.1, -0.05) is 6.07 Å². The summed E-state index contributed by atoms with van der Waals surface area (Å²) in [6, 6.07) is 8.40.